The zero-order valence-corrected chi connectivity index (χ0v) is 40.6. The fraction of sp³-hybridized carbons (Fsp3) is 0.240. The number of carboxylic acid groups (broad SMARTS) is 1. The number of rotatable bonds is 6. The van der Waals surface area contributed by atoms with E-state index in [2.05, 4.69) is 5.73 Å². The zero-order chi connectivity index (χ0) is 56.3. The Labute approximate surface area is 426 Å². The fourth-order valence-electron chi connectivity index (χ4n) is 10.1. The lowest BCUT2D eigenvalue weighted by molar-refractivity contribution is -0.139. The van der Waals surface area contributed by atoms with Crippen molar-refractivity contribution in [2.45, 2.75) is 50.1 Å². The van der Waals surface area contributed by atoms with Gasteiger partial charge in [-0.3, -0.25) is 56.2 Å². The minimum absolute atomic E-state index is 0.0181. The first-order valence-electron chi connectivity index (χ1n) is 22.8. The third-order valence-electron chi connectivity index (χ3n) is 13.7. The summed E-state index contributed by atoms with van der Waals surface area (Å²) in [7, 11) is 6.23. The molecule has 0 unspecified atom stereocenters. The number of hydrogen-bond acceptors (Lipinski definition) is 11. The van der Waals surface area contributed by atoms with Gasteiger partial charge in [-0.25, -0.2) is 24.0 Å². The molecule has 2 aliphatic carbocycles. The van der Waals surface area contributed by atoms with Gasteiger partial charge in [-0.05, 0) is 96.5 Å². The lowest BCUT2D eigenvalue weighted by Crippen LogP contribution is -2.45. The van der Waals surface area contributed by atoms with Crippen molar-refractivity contribution in [1.82, 2.24) is 41.9 Å². The van der Waals surface area contributed by atoms with Gasteiger partial charge in [-0.1, -0.05) is 24.3 Å². The molecule has 10 rings (SSSR count). The van der Waals surface area contributed by atoms with E-state index in [1.807, 2.05) is 5.32 Å². The van der Waals surface area contributed by atoms with Crippen LogP contribution in [0.2, 0.25) is 0 Å². The first-order valence-corrected chi connectivity index (χ1v) is 22.8. The van der Waals surface area contributed by atoms with Crippen molar-refractivity contribution >= 4 is 33.9 Å². The number of carboxylic acids is 1. The lowest BCUT2D eigenvalue weighted by Gasteiger charge is -2.19. The van der Waals surface area contributed by atoms with Crippen LogP contribution in [0.25, 0.3) is 33.4 Å². The van der Waals surface area contributed by atoms with Crippen molar-refractivity contribution in [2.24, 2.45) is 33.9 Å². The number of aromatic nitrogens is 8. The molecule has 21 nitrogen and oxygen atoms in total. The largest absolute Gasteiger partial charge is 0.477 e. The molecule has 0 aliphatic heterocycles. The second-order valence-electron chi connectivity index (χ2n) is 17.7. The predicted molar refractivity (Wildman–Crippen MR) is 262 cm³/mol. The monoisotopic (exact) mass is 1070 g/mol. The van der Waals surface area contributed by atoms with Crippen molar-refractivity contribution < 1.29 is 41.0 Å². The van der Waals surface area contributed by atoms with Crippen molar-refractivity contribution in [3.8, 4) is 23.8 Å². The van der Waals surface area contributed by atoms with Crippen LogP contribution in [0.4, 0.5) is 26.3 Å². The summed E-state index contributed by atoms with van der Waals surface area (Å²) in [6, 6.07) is 14.2. The molecule has 0 radical (unpaired) electrons. The summed E-state index contributed by atoms with van der Waals surface area (Å²) in [5.41, 5.74) is -0.650. The molecule has 0 saturated carbocycles. The van der Waals surface area contributed by atoms with Gasteiger partial charge >= 0.3 is 41.1 Å². The van der Waals surface area contributed by atoms with Gasteiger partial charge in [0.25, 0.3) is 17.0 Å². The third kappa shape index (κ3) is 9.06. The molecule has 4 heterocycles. The quantitative estimate of drug-likeness (QED) is 0.122. The van der Waals surface area contributed by atoms with Crippen LogP contribution < -0.4 is 44.9 Å². The number of nitrogens with zero attached hydrogens (tertiary/aromatic N) is 10. The molecule has 27 heteroatoms. The lowest BCUT2D eigenvalue weighted by atomic mass is 10.0. The number of carbonyl (C=O) groups excluding carboxylic acids is 1. The Morgan fingerprint density at radius 1 is 0.597 bits per heavy atom. The van der Waals surface area contributed by atoms with Gasteiger partial charge in [0.2, 0.25) is 0 Å². The number of halogens is 6. The number of aryl methyl sites for hydroxylation is 4. The summed E-state index contributed by atoms with van der Waals surface area (Å²) in [5.74, 6) is -2.66. The second-order valence-corrected chi connectivity index (χ2v) is 17.7. The highest BCUT2D eigenvalue weighted by molar-refractivity contribution is 5.94. The predicted octanol–water partition coefficient (Wildman–Crippen LogP) is 3.82. The zero-order valence-electron chi connectivity index (χ0n) is 40.6. The van der Waals surface area contributed by atoms with Crippen LogP contribution in [0.3, 0.4) is 0 Å². The fourth-order valence-corrected chi connectivity index (χ4v) is 10.1. The minimum atomic E-state index is -4.62. The van der Waals surface area contributed by atoms with Crippen molar-refractivity contribution in [3.63, 3.8) is 0 Å². The average molecular weight is 1070 g/mol. The number of nitriles is 2. The highest BCUT2D eigenvalue weighted by Crippen LogP contribution is 2.43. The molecule has 0 bridgehead atoms. The van der Waals surface area contributed by atoms with E-state index in [-0.39, 0.29) is 70.7 Å². The second kappa shape index (κ2) is 19.7. The van der Waals surface area contributed by atoms with E-state index < -0.39 is 81.1 Å². The normalized spacial score (nSPS) is 14.6. The third-order valence-corrected chi connectivity index (χ3v) is 13.7. The summed E-state index contributed by atoms with van der Waals surface area (Å²) in [4.78, 5) is 103. The first-order chi connectivity index (χ1) is 36.3. The van der Waals surface area contributed by atoms with E-state index in [0.717, 1.165) is 38.2 Å². The maximum atomic E-state index is 13.7. The van der Waals surface area contributed by atoms with E-state index in [1.165, 1.54) is 93.3 Å². The van der Waals surface area contributed by atoms with Crippen LogP contribution in [-0.4, -0.2) is 53.5 Å². The molecule has 77 heavy (non-hydrogen) atoms. The Hall–Kier alpha value is -9.92. The summed E-state index contributed by atoms with van der Waals surface area (Å²) < 4.78 is 90.4. The van der Waals surface area contributed by atoms with E-state index in [1.54, 1.807) is 26.2 Å². The molecule has 4 aromatic heterocycles. The van der Waals surface area contributed by atoms with Crippen molar-refractivity contribution in [1.29, 1.82) is 10.5 Å². The molecule has 4 N–H and O–H groups in total. The van der Waals surface area contributed by atoms with Crippen LogP contribution in [0, 0.1) is 22.9 Å². The van der Waals surface area contributed by atoms with E-state index in [4.69, 9.17) is 10.5 Å². The van der Waals surface area contributed by atoms with Crippen molar-refractivity contribution in [2.75, 3.05) is 0 Å². The number of benzene rings is 4. The van der Waals surface area contributed by atoms with Gasteiger partial charge in [0.15, 0.2) is 12.4 Å². The van der Waals surface area contributed by atoms with Gasteiger partial charge in [0.05, 0.1) is 56.7 Å². The number of nitrogens with one attached hydrogen (secondary N) is 1. The van der Waals surface area contributed by atoms with Gasteiger partial charge < -0.3 is 10.8 Å². The highest BCUT2D eigenvalue weighted by Gasteiger charge is 2.40. The van der Waals surface area contributed by atoms with Gasteiger partial charge in [-0.2, -0.15) is 36.9 Å². The van der Waals surface area contributed by atoms with E-state index >= 15 is 0 Å². The molecule has 396 valence electrons. The van der Waals surface area contributed by atoms with E-state index in [9.17, 15) is 69.8 Å². The Kier molecular flexibility index (Phi) is 13.7. The number of alkyl halides is 6. The van der Waals surface area contributed by atoms with Crippen LogP contribution in [-0.2, 0) is 53.4 Å². The number of hydrogen-bond donors (Lipinski definition) is 3. The molecule has 0 spiro atoms. The van der Waals surface area contributed by atoms with Crippen LogP contribution in [0.15, 0.2) is 114 Å². The molecule has 1 amide bonds. The topological polar surface area (TPSA) is 282 Å². The Balaban J connectivity index is 0.000000194. The molecular weight excluding hydrogens is 1030 g/mol. The van der Waals surface area contributed by atoms with Crippen LogP contribution in [0.5, 0.6) is 0 Å². The highest BCUT2D eigenvalue weighted by atomic mass is 19.4. The summed E-state index contributed by atoms with van der Waals surface area (Å²) >= 11 is 0. The van der Waals surface area contributed by atoms with E-state index in [0.29, 0.717) is 26.6 Å². The molecule has 2 atom stereocenters. The Morgan fingerprint density at radius 2 is 0.974 bits per heavy atom. The van der Waals surface area contributed by atoms with Gasteiger partial charge in [0, 0.05) is 40.6 Å². The van der Waals surface area contributed by atoms with Gasteiger partial charge in [-0.15, -0.1) is 0 Å². The standard InChI is InChI=1S/C25H19F3N6O4.C24H19F3N4O5.CH2N2/c1-31-19-8-6-13(10-20(19)32(2)23(31)37)33-11-16(21(35)30-12-29)22(36)34(24(33)38)18-9-7-14-15(18)4-3-5-17(14)25(26,27)28;1-28-18-8-6-12(10-19(18)29(2)22(28)35)30-11-15(21(33)34)20(32)31(23(30)36)17-9-7-13-14(17)4-3-5-16(13)24(25,26)27;2-1-3/h3-6,8,10-11,18H,7,9H2,1-2H3,(H,30,35);3-6,8,10-11,17H,7,9H2,1-2H3,(H,33,34);2H2/t18-;17-;/m11./s1. The number of imidazole rings is 2. The van der Waals surface area contributed by atoms with Crippen LogP contribution in [0.1, 0.15) is 79.0 Å². The first kappa shape index (κ1) is 53.4. The number of carbonyl (C=O) groups is 2. The SMILES string of the molecule is Cn1c(=O)n(C)c2cc(-n3cc(C(=O)NC#N)c(=O)n([C@@H]4CCc5c4cccc5C(F)(F)F)c3=O)ccc21.Cn1c(=O)n(C)c2cc(-n3cc(C(=O)O)c(=O)n([C@@H]4CCc5c4cccc5C(F)(F)F)c3=O)ccc21.N#CN. The smallest absolute Gasteiger partial charge is 0.416 e. The van der Waals surface area contributed by atoms with Crippen molar-refractivity contribution in [3.05, 3.63) is 192 Å². The Bertz CT molecular complexity index is 4270. The number of fused-ring (bicyclic) bond motifs is 4. The maximum Gasteiger partial charge on any atom is 0.416 e. The summed E-state index contributed by atoms with van der Waals surface area (Å²) in [6.07, 6.45) is -4.70. The molecule has 0 fully saturated rings. The summed E-state index contributed by atoms with van der Waals surface area (Å²) in [5, 5.41) is 27.5. The average Bonchev–Trinajstić information content (AvgIpc) is 4.11. The Morgan fingerprint density at radius 3 is 1.35 bits per heavy atom. The minimum Gasteiger partial charge on any atom is -0.477 e. The molecular formula is C50H40F6N12O9. The molecule has 4 aromatic carbocycles. The molecule has 0 saturated heterocycles. The van der Waals surface area contributed by atoms with Crippen LogP contribution >= 0.6 is 0 Å². The van der Waals surface area contributed by atoms with Gasteiger partial charge in [0.1, 0.15) is 11.1 Å². The molecule has 2 aliphatic rings. The summed E-state index contributed by atoms with van der Waals surface area (Å²) in [6.45, 7) is 0. The molecule has 8 aromatic rings. The number of amides is 1. The number of aromatic carboxylic acids is 1. The number of nitrogens with two attached hydrogens (primary N) is 1. The maximum absolute atomic E-state index is 13.7.